The number of benzene rings is 2. The molecule has 34 heteroatoms. The van der Waals surface area contributed by atoms with Gasteiger partial charge in [-0.15, -0.1) is 10.2 Å². The van der Waals surface area contributed by atoms with Gasteiger partial charge in [0, 0.05) is 77.5 Å². The van der Waals surface area contributed by atoms with Gasteiger partial charge in [-0.1, -0.05) is 45.8 Å². The molecule has 6 aromatic rings. The van der Waals surface area contributed by atoms with E-state index in [0.717, 1.165) is 24.3 Å². The van der Waals surface area contributed by atoms with E-state index in [1.807, 2.05) is 27.3 Å². The van der Waals surface area contributed by atoms with Crippen molar-refractivity contribution in [2.24, 2.45) is 16.0 Å². The number of nitrogens with two attached hydrogens (primary N) is 1. The quantitative estimate of drug-likeness (QED) is 0.0190. The van der Waals surface area contributed by atoms with Crippen LogP contribution in [0.3, 0.4) is 0 Å². The fourth-order valence-electron chi connectivity index (χ4n) is 6.71. The molecule has 6 N–H and O–H groups in total. The van der Waals surface area contributed by atoms with Crippen LogP contribution in [0.5, 0.6) is 34.8 Å². The number of sulfonamides is 2. The minimum Gasteiger partial charge on any atom is -0.504 e. The Hall–Kier alpha value is -5.23. The molecule has 8 rings (SSSR count). The number of carbonyl (C=O) groups is 2. The van der Waals surface area contributed by atoms with Gasteiger partial charge in [0.2, 0.25) is 21.8 Å². The second-order valence-corrected chi connectivity index (χ2v) is 20.4. The van der Waals surface area contributed by atoms with E-state index in [-0.39, 0.29) is 160 Å². The van der Waals surface area contributed by atoms with Crippen molar-refractivity contribution in [2.45, 2.75) is 60.7 Å². The molecule has 0 unspecified atom stereocenters. The van der Waals surface area contributed by atoms with Crippen LogP contribution in [-0.4, -0.2) is 128 Å². The van der Waals surface area contributed by atoms with Crippen molar-refractivity contribution in [3.8, 4) is 46.4 Å². The Kier molecular flexibility index (Phi) is 22.9. The number of methoxy groups -OCH3 is 2. The summed E-state index contributed by atoms with van der Waals surface area (Å²) in [6.45, 7) is -0.256. The van der Waals surface area contributed by atoms with E-state index in [9.17, 15) is 57.9 Å². The first kappa shape index (κ1) is 64.6. The Bertz CT molecular complexity index is 3360. The van der Waals surface area contributed by atoms with Gasteiger partial charge < -0.3 is 34.3 Å². The van der Waals surface area contributed by atoms with Crippen LogP contribution >= 0.6 is 45.8 Å². The van der Waals surface area contributed by atoms with Crippen molar-refractivity contribution in [1.29, 1.82) is 1.34 Å². The maximum Gasteiger partial charge on any atom is 0.394 e. The van der Waals surface area contributed by atoms with Crippen molar-refractivity contribution >= 4 is 86.1 Å². The van der Waals surface area contributed by atoms with Gasteiger partial charge in [0.25, 0.3) is 15.9 Å². The molecule has 426 valence electrons. The molecule has 1 amide bonds. The zero-order valence-electron chi connectivity index (χ0n) is 42.9. The Morgan fingerprint density at radius 3 is 1.49 bits per heavy atom. The van der Waals surface area contributed by atoms with E-state index in [4.69, 9.17) is 60.2 Å². The Labute approximate surface area is 499 Å². The molecule has 2 saturated carbocycles. The van der Waals surface area contributed by atoms with Crippen molar-refractivity contribution in [3.05, 3.63) is 107 Å². The van der Waals surface area contributed by atoms with Crippen LogP contribution in [0.1, 0.15) is 60.6 Å². The molecule has 0 saturated heterocycles. The zero-order valence-corrected chi connectivity index (χ0v) is 50.4. The molecule has 4 heterocycles. The number of alkyl halides is 7. The number of halogens is 9. The molecule has 21 nitrogen and oxygen atoms in total. The molecule has 0 aliphatic heterocycles. The number of pyridine rings is 2. The number of aromatic hydroxyl groups is 2. The molecule has 2 radical (unpaired) electrons. The number of phenolic OH excluding ortho intramolecular Hbond substituents is 2. The fraction of sp³-hybridized carbons (Fsp3) is 0.333. The molecular formula is C45H46BCl2F6IN8O13S2U. The van der Waals surface area contributed by atoms with Gasteiger partial charge in [-0.2, -0.15) is 26.3 Å². The number of ether oxygens (including phenoxy) is 4. The summed E-state index contributed by atoms with van der Waals surface area (Å²) < 4.78 is 161. The normalized spacial score (nSPS) is 14.1. The molecule has 0 atom stereocenters. The van der Waals surface area contributed by atoms with E-state index in [2.05, 4.69) is 28.5 Å². The number of phenols is 2. The molecule has 4 aromatic heterocycles. The van der Waals surface area contributed by atoms with E-state index >= 15 is 0 Å². The zero-order chi connectivity index (χ0) is 60.0. The van der Waals surface area contributed by atoms with E-state index in [1.165, 1.54) is 84.5 Å². The first-order valence-corrected chi connectivity index (χ1v) is 27.0. The third-order valence-corrected chi connectivity index (χ3v) is 14.3. The molecule has 2 fully saturated rings. The topological polar surface area (TPSA) is 300 Å². The number of hydrogen-bond donors (Lipinski definition) is 5. The summed E-state index contributed by atoms with van der Waals surface area (Å²) in [5.41, 5.74) is -3.68. The number of aromatic carboxylic acids is 1. The minimum atomic E-state index is -4.34. The van der Waals surface area contributed by atoms with E-state index in [0.29, 0.717) is 4.91 Å². The second-order valence-electron chi connectivity index (χ2n) is 16.4. The molecule has 0 spiro atoms. The van der Waals surface area contributed by atoms with Crippen LogP contribution in [0.15, 0.2) is 95.0 Å². The Morgan fingerprint density at radius 1 is 0.747 bits per heavy atom. The largest absolute Gasteiger partial charge is 0.504 e. The van der Waals surface area contributed by atoms with E-state index in [1.54, 1.807) is 0 Å². The summed E-state index contributed by atoms with van der Waals surface area (Å²) in [4.78, 5) is 31.5. The average molecular weight is 1530 g/mol. The Morgan fingerprint density at radius 2 is 1.14 bits per heavy atom. The number of carboxylic acids is 1. The van der Waals surface area contributed by atoms with Gasteiger partial charge in [0.15, 0.2) is 34.6 Å². The third kappa shape index (κ3) is 17.6. The van der Waals surface area contributed by atoms with Crippen molar-refractivity contribution < 1.29 is 120 Å². The predicted octanol–water partition coefficient (Wildman–Crippen LogP) is 8.05. The molecule has 0 bridgehead atoms. The number of rotatable bonds is 17. The minimum absolute atomic E-state index is 0. The van der Waals surface area contributed by atoms with Gasteiger partial charge in [0.05, 0.1) is 59.2 Å². The monoisotopic (exact) mass is 1530 g/mol. The number of nitrogens with zero attached hydrogens (tertiary/aromatic N) is 6. The first-order chi connectivity index (χ1) is 37.4. The summed E-state index contributed by atoms with van der Waals surface area (Å²) in [6.07, 6.45) is -5.39. The molecule has 2 aliphatic rings. The second kappa shape index (κ2) is 28.0. The number of nitrogens with one attached hydrogen (secondary N) is 1. The van der Waals surface area contributed by atoms with Crippen LogP contribution < -0.4 is 28.8 Å². The van der Waals surface area contributed by atoms with Crippen LogP contribution in [0.2, 0.25) is 10.3 Å². The standard InChI is InChI=1S/C22H20ClF3N4O6S.C15H13ClF3N3O3.C7H9NO4S.CH3I.BH.U/c1-35-16-12-13(2-4-15(16)31)37(33,34)29-20(32)14-3-5-17(27-19(14)23)30-10-6-18(28-30)36-11-9-21(7-8-21)22(24,25)26;16-12-9(13(23)24)1-2-10(20-12)22-7-3-11(21-22)25-8-6-14(4-5-14)15(17,18)19;1-12-7-4-5(13(8,10)11)2-3-6(7)9;1-2;;/h2-6,10,12,31H,7-9,11H2,1H3,(H,29,32);1-3,7H,4-6,8H2,(H,23,24);2-4,9H,1H3,(H2,8,10,11);1H3;1H;/i;;;2*1D;. The SMILES string of the molecule is COc1cc(S(=O)(=O)NC(=O)c2ccc(-n3ccc(OCCC4(C(F)(F)F)CC4)n3)nc2Cl)ccc1O.COc1cc(S(N)(=O)=O)ccc1O.O=C(O)c1ccc(-n2ccc(OCCC3(C(F)(F)F)CC3)n2)nc1Cl.[2H]CI.[2H][B].[U]. The maximum absolute atomic E-state index is 13.0. The number of carbonyl (C=O) groups excluding carboxylic acids is 1. The summed E-state index contributed by atoms with van der Waals surface area (Å²) in [5.74, 6) is -2.06. The summed E-state index contributed by atoms with van der Waals surface area (Å²) >= 11 is 13.9. The van der Waals surface area contributed by atoms with Gasteiger partial charge >= 0.3 is 18.3 Å². The number of primary sulfonamides is 1. The van der Waals surface area contributed by atoms with Crippen molar-refractivity contribution in [3.63, 3.8) is 0 Å². The van der Waals surface area contributed by atoms with Gasteiger partial charge in [-0.25, -0.2) is 50.8 Å². The predicted molar refractivity (Wildman–Crippen MR) is 278 cm³/mol. The van der Waals surface area contributed by atoms with Crippen LogP contribution in [-0.2, 0) is 20.0 Å². The molecule has 2 aliphatic carbocycles. The van der Waals surface area contributed by atoms with Gasteiger partial charge in [-0.05, 0) is 93.3 Å². The van der Waals surface area contributed by atoms with E-state index < -0.39 is 55.1 Å². The number of amides is 1. The van der Waals surface area contributed by atoms with Gasteiger partial charge in [0.1, 0.15) is 10.3 Å². The molecule has 2 aromatic carbocycles. The number of aromatic nitrogens is 6. The Balaban J connectivity index is 0.000000336. The third-order valence-electron chi connectivity index (χ3n) is 11.5. The van der Waals surface area contributed by atoms with Gasteiger partial charge in [-0.3, -0.25) is 4.79 Å². The van der Waals surface area contributed by atoms with Crippen molar-refractivity contribution in [2.75, 3.05) is 32.3 Å². The smallest absolute Gasteiger partial charge is 0.394 e. The summed E-state index contributed by atoms with van der Waals surface area (Å²) in [6, 6.07) is 15.0. The number of carboxylic acid groups (broad SMARTS) is 1. The maximum atomic E-state index is 13.0. The fourth-order valence-corrected chi connectivity index (χ4v) is 8.68. The van der Waals surface area contributed by atoms with Crippen LogP contribution in [0, 0.1) is 41.9 Å². The molecule has 79 heavy (non-hydrogen) atoms. The number of hydrogen-bond acceptors (Lipinski definition) is 16. The summed E-state index contributed by atoms with van der Waals surface area (Å²) in [7, 11) is -1.77. The van der Waals surface area contributed by atoms with Crippen LogP contribution in [0.25, 0.3) is 11.6 Å². The van der Waals surface area contributed by atoms with Crippen molar-refractivity contribution in [1.82, 2.24) is 34.3 Å². The first-order valence-electron chi connectivity index (χ1n) is 23.0. The molecular weight excluding hydrogens is 1490 g/mol. The van der Waals surface area contributed by atoms with Crippen LogP contribution in [0.4, 0.5) is 26.3 Å². The summed E-state index contributed by atoms with van der Waals surface area (Å²) in [5, 5.41) is 40.2. The average Bonchev–Trinajstić information content (AvgIpc) is 4.27.